The molecule has 1 aliphatic carbocycles. The van der Waals surface area contributed by atoms with Gasteiger partial charge in [0.15, 0.2) is 0 Å². The summed E-state index contributed by atoms with van der Waals surface area (Å²) in [7, 11) is 3.41. The summed E-state index contributed by atoms with van der Waals surface area (Å²) >= 11 is 0. The number of likely N-dealkylation sites (N-methyl/N-ethyl adjacent to an activating group) is 1. The van der Waals surface area contributed by atoms with E-state index in [-0.39, 0.29) is 42.4 Å². The van der Waals surface area contributed by atoms with Crippen LogP contribution in [0.1, 0.15) is 43.5 Å². The molecule has 1 aliphatic heterocycles. The molecule has 188 valence electrons. The van der Waals surface area contributed by atoms with Gasteiger partial charge in [-0.15, -0.1) is 0 Å². The molecule has 2 heterocycles. The molecule has 2 aromatic rings. The monoisotopic (exact) mass is 481 g/mol. The molecular formula is C27H35N3O5. The smallest absolute Gasteiger partial charge is 0.259 e. The van der Waals surface area contributed by atoms with Gasteiger partial charge < -0.3 is 24.4 Å². The number of hydrogen-bond acceptors (Lipinski definition) is 6. The molecule has 0 bridgehead atoms. The molecule has 8 heteroatoms. The maximum absolute atomic E-state index is 13.6. The number of aromatic nitrogens is 1. The predicted molar refractivity (Wildman–Crippen MR) is 132 cm³/mol. The lowest BCUT2D eigenvalue weighted by molar-refractivity contribution is -0.131. The van der Waals surface area contributed by atoms with Crippen molar-refractivity contribution in [1.82, 2.24) is 14.8 Å². The zero-order valence-corrected chi connectivity index (χ0v) is 20.9. The summed E-state index contributed by atoms with van der Waals surface area (Å²) in [5.41, 5.74) is 1.97. The molecule has 2 amide bonds. The maximum atomic E-state index is 13.6. The van der Waals surface area contributed by atoms with Gasteiger partial charge in [-0.25, -0.2) is 4.98 Å². The second-order valence-electron chi connectivity index (χ2n) is 9.85. The average Bonchev–Trinajstić information content (AvgIpc) is 3.69. The van der Waals surface area contributed by atoms with Gasteiger partial charge in [0.25, 0.3) is 5.91 Å². The van der Waals surface area contributed by atoms with Gasteiger partial charge in [0.1, 0.15) is 17.4 Å². The highest BCUT2D eigenvalue weighted by molar-refractivity contribution is 5.98. The maximum Gasteiger partial charge on any atom is 0.259 e. The molecule has 0 saturated heterocycles. The van der Waals surface area contributed by atoms with Crippen molar-refractivity contribution in [2.75, 3.05) is 33.9 Å². The predicted octanol–water partition coefficient (Wildman–Crippen LogP) is 3.24. The summed E-state index contributed by atoms with van der Waals surface area (Å²) in [6, 6.07) is 8.97. The Kier molecular flexibility index (Phi) is 7.60. The molecule has 0 spiro atoms. The van der Waals surface area contributed by atoms with Crippen LogP contribution in [-0.2, 0) is 4.79 Å². The van der Waals surface area contributed by atoms with E-state index >= 15 is 0 Å². The Morgan fingerprint density at radius 3 is 2.77 bits per heavy atom. The van der Waals surface area contributed by atoms with Gasteiger partial charge >= 0.3 is 0 Å². The van der Waals surface area contributed by atoms with Crippen LogP contribution in [0.15, 0.2) is 36.5 Å². The lowest BCUT2D eigenvalue weighted by Crippen LogP contribution is -2.50. The lowest BCUT2D eigenvalue weighted by Gasteiger charge is -2.37. The Morgan fingerprint density at radius 1 is 1.31 bits per heavy atom. The Hall–Kier alpha value is -3.13. The van der Waals surface area contributed by atoms with Crippen LogP contribution in [0.4, 0.5) is 0 Å². The molecule has 2 aliphatic rings. The number of rotatable bonds is 8. The standard InChI is InChI=1S/C27H35N3O5/c1-17-14-30(18(2)16-31)27(33)23-12-21(20-6-5-7-22(11-20)34-4)13-28-26(23)35-24(17)15-29(3)25(32)10-19-8-9-19/h5-7,11-13,17-19,24,31H,8-10,14-16H2,1-4H3/t17-,18-,24-/m1/s1. The highest BCUT2D eigenvalue weighted by Gasteiger charge is 2.35. The summed E-state index contributed by atoms with van der Waals surface area (Å²) in [4.78, 5) is 34.2. The fraction of sp³-hybridized carbons (Fsp3) is 0.519. The number of ether oxygens (including phenoxy) is 2. The number of aliphatic hydroxyl groups excluding tert-OH is 1. The largest absolute Gasteiger partial charge is 0.497 e. The first-order valence-electron chi connectivity index (χ1n) is 12.3. The fourth-order valence-electron chi connectivity index (χ4n) is 4.38. The van der Waals surface area contributed by atoms with Crippen LogP contribution >= 0.6 is 0 Å². The highest BCUT2D eigenvalue weighted by atomic mass is 16.5. The number of pyridine rings is 1. The van der Waals surface area contributed by atoms with Crippen molar-refractivity contribution in [2.45, 2.75) is 45.3 Å². The topological polar surface area (TPSA) is 92.2 Å². The van der Waals surface area contributed by atoms with E-state index in [0.29, 0.717) is 36.7 Å². The van der Waals surface area contributed by atoms with Gasteiger partial charge in [-0.1, -0.05) is 19.1 Å². The molecular weight excluding hydrogens is 446 g/mol. The molecule has 1 aromatic heterocycles. The second kappa shape index (κ2) is 10.6. The molecule has 1 N–H and O–H groups in total. The van der Waals surface area contributed by atoms with Crippen LogP contribution in [0, 0.1) is 11.8 Å². The zero-order valence-electron chi connectivity index (χ0n) is 20.9. The SMILES string of the molecule is COc1cccc(-c2cnc3c(c2)C(=O)N([C@H](C)CO)C[C@@H](C)[C@@H](CN(C)C(=O)CC2CC2)O3)c1. The first kappa shape index (κ1) is 25.0. The van der Waals surface area contributed by atoms with Crippen molar-refractivity contribution < 1.29 is 24.2 Å². The van der Waals surface area contributed by atoms with E-state index in [2.05, 4.69) is 4.98 Å². The Balaban J connectivity index is 1.67. The van der Waals surface area contributed by atoms with E-state index in [4.69, 9.17) is 9.47 Å². The number of nitrogens with zero attached hydrogens (tertiary/aromatic N) is 3. The number of fused-ring (bicyclic) bond motifs is 1. The normalized spacial score (nSPS) is 20.8. The van der Waals surface area contributed by atoms with Crippen LogP contribution in [0.5, 0.6) is 11.6 Å². The first-order valence-corrected chi connectivity index (χ1v) is 12.3. The summed E-state index contributed by atoms with van der Waals surface area (Å²) < 4.78 is 11.7. The highest BCUT2D eigenvalue weighted by Crippen LogP contribution is 2.34. The number of amides is 2. The molecule has 0 unspecified atom stereocenters. The third-order valence-corrected chi connectivity index (χ3v) is 6.96. The number of carbonyl (C=O) groups is 2. The first-order chi connectivity index (χ1) is 16.8. The summed E-state index contributed by atoms with van der Waals surface area (Å²) in [5, 5.41) is 9.86. The fourth-order valence-corrected chi connectivity index (χ4v) is 4.38. The minimum Gasteiger partial charge on any atom is -0.497 e. The van der Waals surface area contributed by atoms with Crippen molar-refractivity contribution in [3.8, 4) is 22.8 Å². The van der Waals surface area contributed by atoms with Crippen molar-refractivity contribution in [1.29, 1.82) is 0 Å². The van der Waals surface area contributed by atoms with E-state index in [0.717, 1.165) is 24.0 Å². The van der Waals surface area contributed by atoms with Gasteiger partial charge in [-0.3, -0.25) is 9.59 Å². The molecule has 0 radical (unpaired) electrons. The van der Waals surface area contributed by atoms with E-state index in [9.17, 15) is 14.7 Å². The van der Waals surface area contributed by atoms with E-state index in [1.807, 2.05) is 38.1 Å². The van der Waals surface area contributed by atoms with Crippen LogP contribution in [-0.4, -0.2) is 77.7 Å². The summed E-state index contributed by atoms with van der Waals surface area (Å²) in [6.45, 7) is 4.48. The molecule has 4 rings (SSSR count). The zero-order chi connectivity index (χ0) is 25.1. The molecule has 3 atom stereocenters. The number of aliphatic hydroxyl groups is 1. The lowest BCUT2D eigenvalue weighted by atomic mass is 9.99. The van der Waals surface area contributed by atoms with Gasteiger partial charge in [0.2, 0.25) is 11.8 Å². The Labute approximate surface area is 206 Å². The molecule has 1 saturated carbocycles. The summed E-state index contributed by atoms with van der Waals surface area (Å²) in [6.07, 6.45) is 4.16. The van der Waals surface area contributed by atoms with Gasteiger partial charge in [-0.05, 0) is 49.4 Å². The van der Waals surface area contributed by atoms with Gasteiger partial charge in [-0.2, -0.15) is 0 Å². The molecule has 35 heavy (non-hydrogen) atoms. The van der Waals surface area contributed by atoms with Crippen LogP contribution in [0.3, 0.4) is 0 Å². The van der Waals surface area contributed by atoms with Crippen LogP contribution in [0.25, 0.3) is 11.1 Å². The summed E-state index contributed by atoms with van der Waals surface area (Å²) in [5.74, 6) is 1.27. The van der Waals surface area contributed by atoms with Gasteiger partial charge in [0.05, 0.1) is 26.3 Å². The number of hydrogen-bond donors (Lipinski definition) is 1. The third-order valence-electron chi connectivity index (χ3n) is 6.96. The van der Waals surface area contributed by atoms with Gasteiger partial charge in [0, 0.05) is 37.7 Å². The third kappa shape index (κ3) is 5.75. The number of benzene rings is 1. The Bertz CT molecular complexity index is 1070. The van der Waals surface area contributed by atoms with E-state index < -0.39 is 0 Å². The van der Waals surface area contributed by atoms with Crippen LogP contribution in [0.2, 0.25) is 0 Å². The molecule has 1 fully saturated rings. The van der Waals surface area contributed by atoms with E-state index in [1.54, 1.807) is 36.2 Å². The van der Waals surface area contributed by atoms with Crippen molar-refractivity contribution in [3.63, 3.8) is 0 Å². The quantitative estimate of drug-likeness (QED) is 0.622. The number of methoxy groups -OCH3 is 1. The minimum absolute atomic E-state index is 0.0721. The van der Waals surface area contributed by atoms with Crippen molar-refractivity contribution in [2.24, 2.45) is 11.8 Å². The number of carbonyl (C=O) groups excluding carboxylic acids is 2. The van der Waals surface area contributed by atoms with Crippen LogP contribution < -0.4 is 9.47 Å². The molecule has 8 nitrogen and oxygen atoms in total. The Morgan fingerprint density at radius 2 is 2.09 bits per heavy atom. The molecule has 1 aromatic carbocycles. The second-order valence-corrected chi connectivity index (χ2v) is 9.85. The van der Waals surface area contributed by atoms with Crippen molar-refractivity contribution >= 4 is 11.8 Å². The van der Waals surface area contributed by atoms with Crippen molar-refractivity contribution in [3.05, 3.63) is 42.1 Å². The average molecular weight is 482 g/mol. The minimum atomic E-state index is -0.369. The van der Waals surface area contributed by atoms with E-state index in [1.165, 1.54) is 0 Å².